The molecule has 0 unspecified atom stereocenters. The Morgan fingerprint density at radius 2 is 2.43 bits per heavy atom. The molecule has 0 saturated heterocycles. The fraction of sp³-hybridized carbons (Fsp3) is 0.750. The van der Waals surface area contributed by atoms with Crippen molar-refractivity contribution >= 4 is 5.78 Å². The van der Waals surface area contributed by atoms with E-state index in [0.717, 1.165) is 0 Å². The highest BCUT2D eigenvalue weighted by Crippen LogP contribution is 1.73. The van der Waals surface area contributed by atoms with Crippen LogP contribution in [0.15, 0.2) is 0 Å². The minimum Gasteiger partial charge on any atom is -0.298 e. The van der Waals surface area contributed by atoms with E-state index in [2.05, 4.69) is 5.43 Å². The molecule has 0 aromatic rings. The van der Waals surface area contributed by atoms with Crippen LogP contribution < -0.4 is 11.3 Å². The molecule has 0 aromatic carbocycles. The van der Waals surface area contributed by atoms with Crippen molar-refractivity contribution in [2.45, 2.75) is 13.3 Å². The molecule has 0 amide bonds. The molecule has 0 spiro atoms. The molecule has 3 N–H and O–H groups in total. The van der Waals surface area contributed by atoms with Crippen LogP contribution in [0.3, 0.4) is 0 Å². The van der Waals surface area contributed by atoms with Crippen molar-refractivity contribution in [1.29, 1.82) is 0 Å². The predicted molar refractivity (Wildman–Crippen MR) is 27.5 cm³/mol. The molecule has 0 fully saturated rings. The Kier molecular flexibility index (Phi) is 3.55. The van der Waals surface area contributed by atoms with E-state index < -0.39 is 0 Å². The molecule has 0 rings (SSSR count). The maximum Gasteiger partial charge on any atom is 0.147 e. The van der Waals surface area contributed by atoms with Gasteiger partial charge >= 0.3 is 0 Å². The van der Waals surface area contributed by atoms with Gasteiger partial charge in [-0.15, -0.1) is 0 Å². The molecule has 0 aromatic heterocycles. The number of nitrogens with two attached hydrogens (primary N) is 1. The summed E-state index contributed by atoms with van der Waals surface area (Å²) in [7, 11) is 0. The monoisotopic (exact) mass is 102 g/mol. The number of hydrazine groups is 1. The van der Waals surface area contributed by atoms with Gasteiger partial charge in [-0.1, -0.05) is 6.92 Å². The highest BCUT2D eigenvalue weighted by molar-refractivity contribution is 5.79. The highest BCUT2D eigenvalue weighted by atomic mass is 16.1. The van der Waals surface area contributed by atoms with Crippen LogP contribution >= 0.6 is 0 Å². The molecule has 3 heteroatoms. The lowest BCUT2D eigenvalue weighted by atomic mass is 10.3. The molecule has 0 atom stereocenters. The zero-order valence-electron chi connectivity index (χ0n) is 4.40. The van der Waals surface area contributed by atoms with Gasteiger partial charge in [-0.05, 0) is 0 Å². The van der Waals surface area contributed by atoms with Crippen LogP contribution in [-0.2, 0) is 4.79 Å². The predicted octanol–water partition coefficient (Wildman–Crippen LogP) is -0.571. The normalized spacial score (nSPS) is 8.86. The number of hydrogen-bond acceptors (Lipinski definition) is 3. The lowest BCUT2D eigenvalue weighted by molar-refractivity contribution is -0.117. The second-order valence-electron chi connectivity index (χ2n) is 1.27. The smallest absolute Gasteiger partial charge is 0.147 e. The van der Waals surface area contributed by atoms with Gasteiger partial charge in [0.1, 0.15) is 5.78 Å². The summed E-state index contributed by atoms with van der Waals surface area (Å²) in [6.07, 6.45) is 0.560. The Morgan fingerprint density at radius 3 is 2.57 bits per heavy atom. The summed E-state index contributed by atoms with van der Waals surface area (Å²) in [6.45, 7) is 2.09. The summed E-state index contributed by atoms with van der Waals surface area (Å²) in [6, 6.07) is 0. The molecule has 0 heterocycles. The maximum atomic E-state index is 10.3. The van der Waals surface area contributed by atoms with Crippen molar-refractivity contribution in [2.75, 3.05) is 6.54 Å². The zero-order chi connectivity index (χ0) is 5.70. The van der Waals surface area contributed by atoms with Crippen LogP contribution in [0, 0.1) is 0 Å². The van der Waals surface area contributed by atoms with Crippen LogP contribution in [0.2, 0.25) is 0 Å². The van der Waals surface area contributed by atoms with Gasteiger partial charge in [-0.25, -0.2) is 0 Å². The van der Waals surface area contributed by atoms with Crippen LogP contribution in [0.1, 0.15) is 13.3 Å². The SMILES string of the molecule is CCC(=O)CNN. The quantitative estimate of drug-likeness (QED) is 0.370. The largest absolute Gasteiger partial charge is 0.298 e. The number of carbonyl (C=O) groups is 1. The molecular formula is C4H10N2O. The van der Waals surface area contributed by atoms with Crippen molar-refractivity contribution in [1.82, 2.24) is 5.43 Å². The summed E-state index contributed by atoms with van der Waals surface area (Å²) in [5, 5.41) is 0. The Balaban J connectivity index is 3.00. The summed E-state index contributed by atoms with van der Waals surface area (Å²) >= 11 is 0. The summed E-state index contributed by atoms with van der Waals surface area (Å²) < 4.78 is 0. The van der Waals surface area contributed by atoms with Crippen LogP contribution in [0.4, 0.5) is 0 Å². The Bertz CT molecular complexity index is 62.7. The number of Topliss-reactive ketones (excluding diaryl/α,β-unsaturated/α-hetero) is 1. The lowest BCUT2D eigenvalue weighted by Crippen LogP contribution is -2.28. The van der Waals surface area contributed by atoms with Crippen LogP contribution in [-0.4, -0.2) is 12.3 Å². The Hall–Kier alpha value is -0.410. The Labute approximate surface area is 42.9 Å². The fourth-order valence-electron chi connectivity index (χ4n) is 0.239. The summed E-state index contributed by atoms with van der Waals surface area (Å²) in [5.41, 5.74) is 2.27. The molecule has 0 bridgehead atoms. The van der Waals surface area contributed by atoms with E-state index in [1.807, 2.05) is 0 Å². The third-order valence-corrected chi connectivity index (χ3v) is 0.694. The average molecular weight is 102 g/mol. The number of hydrogen-bond donors (Lipinski definition) is 2. The number of nitrogens with one attached hydrogen (secondary N) is 1. The standard InChI is InChI=1S/C4H10N2O/c1-2-4(7)3-6-5/h6H,2-3,5H2,1H3. The molecule has 0 aliphatic rings. The van der Waals surface area contributed by atoms with Crippen molar-refractivity contribution < 1.29 is 4.79 Å². The van der Waals surface area contributed by atoms with Gasteiger partial charge in [-0.3, -0.25) is 16.1 Å². The second kappa shape index (κ2) is 3.77. The van der Waals surface area contributed by atoms with Crippen LogP contribution in [0.25, 0.3) is 0 Å². The van der Waals surface area contributed by atoms with Crippen LogP contribution in [0.5, 0.6) is 0 Å². The van der Waals surface area contributed by atoms with Crippen molar-refractivity contribution in [3.05, 3.63) is 0 Å². The topological polar surface area (TPSA) is 55.1 Å². The summed E-state index contributed by atoms with van der Waals surface area (Å²) in [5.74, 6) is 4.98. The third-order valence-electron chi connectivity index (χ3n) is 0.694. The molecule has 0 saturated carbocycles. The minimum absolute atomic E-state index is 0.141. The first-order valence-electron chi connectivity index (χ1n) is 2.26. The molecule has 0 radical (unpaired) electrons. The van der Waals surface area contributed by atoms with Gasteiger partial charge in [0.15, 0.2) is 0 Å². The van der Waals surface area contributed by atoms with Gasteiger partial charge in [0.05, 0.1) is 6.54 Å². The third kappa shape index (κ3) is 3.42. The molecule has 42 valence electrons. The molecule has 3 nitrogen and oxygen atoms in total. The second-order valence-corrected chi connectivity index (χ2v) is 1.27. The van der Waals surface area contributed by atoms with E-state index in [1.165, 1.54) is 0 Å². The van der Waals surface area contributed by atoms with E-state index in [-0.39, 0.29) is 12.3 Å². The van der Waals surface area contributed by atoms with E-state index in [0.29, 0.717) is 6.42 Å². The highest BCUT2D eigenvalue weighted by Gasteiger charge is 1.90. The minimum atomic E-state index is 0.141. The van der Waals surface area contributed by atoms with Crippen molar-refractivity contribution in [3.8, 4) is 0 Å². The van der Waals surface area contributed by atoms with Gasteiger partial charge in [0, 0.05) is 6.42 Å². The number of rotatable bonds is 3. The molecular weight excluding hydrogens is 92.1 g/mol. The zero-order valence-corrected chi connectivity index (χ0v) is 4.40. The van der Waals surface area contributed by atoms with E-state index >= 15 is 0 Å². The van der Waals surface area contributed by atoms with E-state index in [1.54, 1.807) is 6.92 Å². The maximum absolute atomic E-state index is 10.3. The van der Waals surface area contributed by atoms with E-state index in [4.69, 9.17) is 5.84 Å². The molecule has 0 aliphatic carbocycles. The van der Waals surface area contributed by atoms with Crippen molar-refractivity contribution in [3.63, 3.8) is 0 Å². The van der Waals surface area contributed by atoms with Gasteiger partial charge < -0.3 is 0 Å². The molecule has 7 heavy (non-hydrogen) atoms. The number of ketones is 1. The van der Waals surface area contributed by atoms with Gasteiger partial charge in [0.2, 0.25) is 0 Å². The Morgan fingerprint density at radius 1 is 1.86 bits per heavy atom. The average Bonchev–Trinajstić information content (AvgIpc) is 1.68. The first kappa shape index (κ1) is 6.59. The molecule has 0 aliphatic heterocycles. The van der Waals surface area contributed by atoms with E-state index in [9.17, 15) is 4.79 Å². The van der Waals surface area contributed by atoms with Crippen molar-refractivity contribution in [2.24, 2.45) is 5.84 Å². The fourth-order valence-corrected chi connectivity index (χ4v) is 0.239. The van der Waals surface area contributed by atoms with Gasteiger partial charge in [0.25, 0.3) is 0 Å². The first-order valence-corrected chi connectivity index (χ1v) is 2.26. The first-order chi connectivity index (χ1) is 3.31. The lowest BCUT2D eigenvalue weighted by Gasteiger charge is -1.90. The summed E-state index contributed by atoms with van der Waals surface area (Å²) in [4.78, 5) is 10.3. The van der Waals surface area contributed by atoms with Gasteiger partial charge in [-0.2, -0.15) is 0 Å². The number of carbonyl (C=O) groups excluding carboxylic acids is 1.